The van der Waals surface area contributed by atoms with Crippen LogP contribution in [-0.4, -0.2) is 42.0 Å². The molecular weight excluding hydrogens is 432 g/mol. The number of amides is 1. The molecule has 3 N–H and O–H groups in total. The number of likely N-dealkylation sites (tertiary alicyclic amines) is 1. The maximum absolute atomic E-state index is 12.6. The van der Waals surface area contributed by atoms with Crippen molar-refractivity contribution in [2.45, 2.75) is 32.6 Å². The minimum Gasteiger partial charge on any atom is -0.383 e. The minimum absolute atomic E-state index is 0.0478. The van der Waals surface area contributed by atoms with Gasteiger partial charge in [-0.25, -0.2) is 4.98 Å². The zero-order valence-corrected chi connectivity index (χ0v) is 19.7. The molecule has 4 rings (SSSR count). The second-order valence-electron chi connectivity index (χ2n) is 8.54. The molecule has 3 aromatic rings. The number of halogens is 1. The quantitative estimate of drug-likeness (QED) is 0.424. The van der Waals surface area contributed by atoms with Crippen LogP contribution in [0.1, 0.15) is 52.7 Å². The van der Waals surface area contributed by atoms with Crippen molar-refractivity contribution in [1.82, 2.24) is 15.2 Å². The SMILES string of the molecule is Cc1cc(C(=O)NCCCN2CCCCC2)ccc1C#Cc1c(N)ncc2ccc(Cl)cc12. The van der Waals surface area contributed by atoms with Crippen molar-refractivity contribution in [3.63, 3.8) is 0 Å². The Morgan fingerprint density at radius 2 is 1.97 bits per heavy atom. The number of benzene rings is 2. The first-order chi connectivity index (χ1) is 16.0. The molecule has 1 fully saturated rings. The van der Waals surface area contributed by atoms with Gasteiger partial charge in [0.05, 0.1) is 5.56 Å². The number of nitrogen functional groups attached to an aromatic ring is 1. The van der Waals surface area contributed by atoms with E-state index in [9.17, 15) is 4.79 Å². The second kappa shape index (κ2) is 10.7. The summed E-state index contributed by atoms with van der Waals surface area (Å²) in [6.45, 7) is 6.06. The highest BCUT2D eigenvalue weighted by molar-refractivity contribution is 6.31. The number of hydrogen-bond acceptors (Lipinski definition) is 4. The Morgan fingerprint density at radius 3 is 2.76 bits per heavy atom. The fourth-order valence-electron chi connectivity index (χ4n) is 4.20. The van der Waals surface area contributed by atoms with Crippen molar-refractivity contribution in [3.8, 4) is 11.8 Å². The topological polar surface area (TPSA) is 71.2 Å². The first kappa shape index (κ1) is 23.1. The Bertz CT molecular complexity index is 1220. The summed E-state index contributed by atoms with van der Waals surface area (Å²) >= 11 is 6.17. The molecule has 1 aliphatic heterocycles. The molecular formula is C27H29ClN4O. The zero-order chi connectivity index (χ0) is 23.2. The largest absolute Gasteiger partial charge is 0.383 e. The zero-order valence-electron chi connectivity index (χ0n) is 19.0. The molecule has 0 saturated carbocycles. The van der Waals surface area contributed by atoms with Crippen molar-refractivity contribution < 1.29 is 4.79 Å². The van der Waals surface area contributed by atoms with Crippen molar-refractivity contribution in [2.24, 2.45) is 0 Å². The van der Waals surface area contributed by atoms with Crippen molar-refractivity contribution in [2.75, 3.05) is 31.9 Å². The number of nitrogens with one attached hydrogen (secondary N) is 1. The third kappa shape index (κ3) is 5.84. The lowest BCUT2D eigenvalue weighted by molar-refractivity contribution is 0.0951. The van der Waals surface area contributed by atoms with E-state index < -0.39 is 0 Å². The third-order valence-electron chi connectivity index (χ3n) is 6.08. The Morgan fingerprint density at radius 1 is 1.15 bits per heavy atom. The summed E-state index contributed by atoms with van der Waals surface area (Å²) in [5, 5.41) is 5.47. The van der Waals surface area contributed by atoms with Gasteiger partial charge in [0.25, 0.3) is 5.91 Å². The number of fused-ring (bicyclic) bond motifs is 1. The van der Waals surface area contributed by atoms with Crippen molar-refractivity contribution >= 4 is 34.1 Å². The molecule has 170 valence electrons. The summed E-state index contributed by atoms with van der Waals surface area (Å²) in [4.78, 5) is 19.3. The van der Waals surface area contributed by atoms with Gasteiger partial charge in [0.15, 0.2) is 0 Å². The molecule has 33 heavy (non-hydrogen) atoms. The van der Waals surface area contributed by atoms with Gasteiger partial charge in [0, 0.05) is 39.7 Å². The number of carbonyl (C=O) groups excluding carboxylic acids is 1. The van der Waals surface area contributed by atoms with Crippen molar-refractivity contribution in [1.29, 1.82) is 0 Å². The Kier molecular flexibility index (Phi) is 7.49. The number of rotatable bonds is 5. The van der Waals surface area contributed by atoms with Crippen LogP contribution in [0.25, 0.3) is 10.8 Å². The van der Waals surface area contributed by atoms with Gasteiger partial charge in [-0.15, -0.1) is 0 Å². The number of piperidine rings is 1. The molecule has 0 radical (unpaired) electrons. The van der Waals surface area contributed by atoms with Gasteiger partial charge in [0.1, 0.15) is 5.82 Å². The number of aryl methyl sites for hydroxylation is 1. The molecule has 1 aliphatic rings. The Labute approximate surface area is 200 Å². The number of carbonyl (C=O) groups is 1. The average molecular weight is 461 g/mol. The van der Waals surface area contributed by atoms with Gasteiger partial charge in [-0.3, -0.25) is 4.79 Å². The van der Waals surface area contributed by atoms with Gasteiger partial charge in [-0.05, 0) is 81.7 Å². The van der Waals surface area contributed by atoms with Gasteiger partial charge in [0.2, 0.25) is 0 Å². The van der Waals surface area contributed by atoms with E-state index >= 15 is 0 Å². The first-order valence-corrected chi connectivity index (χ1v) is 11.9. The van der Waals surface area contributed by atoms with Crippen molar-refractivity contribution in [3.05, 3.63) is 69.9 Å². The van der Waals surface area contributed by atoms with E-state index in [1.54, 1.807) is 6.20 Å². The predicted octanol–water partition coefficient (Wildman–Crippen LogP) is 4.78. The number of hydrogen-bond donors (Lipinski definition) is 2. The van der Waals surface area contributed by atoms with Crippen LogP contribution in [0.3, 0.4) is 0 Å². The lowest BCUT2D eigenvalue weighted by Gasteiger charge is -2.26. The maximum atomic E-state index is 12.6. The van der Waals surface area contributed by atoms with Crippen LogP contribution in [0.4, 0.5) is 5.82 Å². The Hall–Kier alpha value is -3.07. The molecule has 0 unspecified atom stereocenters. The molecule has 0 atom stereocenters. The van der Waals surface area contributed by atoms with Gasteiger partial charge in [-0.2, -0.15) is 0 Å². The number of pyridine rings is 1. The summed E-state index contributed by atoms with van der Waals surface area (Å²) in [7, 11) is 0. The van der Waals surface area contributed by atoms with Crippen LogP contribution in [0.2, 0.25) is 5.02 Å². The lowest BCUT2D eigenvalue weighted by Crippen LogP contribution is -2.33. The fourth-order valence-corrected chi connectivity index (χ4v) is 4.37. The van der Waals surface area contributed by atoms with Crippen LogP contribution in [0.5, 0.6) is 0 Å². The standard InChI is InChI=1S/C27H29ClN4O/c1-19-16-21(27(33)30-12-5-15-32-13-3-2-4-14-32)7-6-20(19)9-11-24-25-17-23(28)10-8-22(25)18-31-26(24)29/h6-8,10,16-18H,2-5,12-15H2,1H3,(H2,29,31)(H,30,33). The Balaban J connectivity index is 1.42. The normalized spacial score (nSPS) is 14.0. The molecule has 2 aromatic carbocycles. The van der Waals surface area contributed by atoms with E-state index in [0.717, 1.165) is 34.9 Å². The summed E-state index contributed by atoms with van der Waals surface area (Å²) in [5.74, 6) is 6.67. The second-order valence-corrected chi connectivity index (χ2v) is 8.98. The minimum atomic E-state index is -0.0478. The van der Waals surface area contributed by atoms with Crippen LogP contribution in [-0.2, 0) is 0 Å². The molecule has 0 bridgehead atoms. The molecule has 0 aliphatic carbocycles. The van der Waals surface area contributed by atoms with Gasteiger partial charge < -0.3 is 16.0 Å². The average Bonchev–Trinajstić information content (AvgIpc) is 2.82. The number of anilines is 1. The van der Waals surface area contributed by atoms with Crippen LogP contribution in [0.15, 0.2) is 42.6 Å². The lowest BCUT2D eigenvalue weighted by atomic mass is 10.0. The first-order valence-electron chi connectivity index (χ1n) is 11.5. The van der Waals surface area contributed by atoms with E-state index in [0.29, 0.717) is 28.5 Å². The fraction of sp³-hybridized carbons (Fsp3) is 0.333. The maximum Gasteiger partial charge on any atom is 0.251 e. The van der Waals surface area contributed by atoms with E-state index in [2.05, 4.69) is 27.0 Å². The van der Waals surface area contributed by atoms with Crippen LogP contribution in [0, 0.1) is 18.8 Å². The summed E-state index contributed by atoms with van der Waals surface area (Å²) in [6.07, 6.45) is 6.61. The van der Waals surface area contributed by atoms with Crippen LogP contribution < -0.4 is 11.1 Å². The van der Waals surface area contributed by atoms with Gasteiger partial charge in [-0.1, -0.05) is 35.9 Å². The molecule has 1 saturated heterocycles. The highest BCUT2D eigenvalue weighted by atomic mass is 35.5. The summed E-state index contributed by atoms with van der Waals surface area (Å²) < 4.78 is 0. The van der Waals surface area contributed by atoms with E-state index in [1.807, 2.05) is 43.3 Å². The summed E-state index contributed by atoms with van der Waals surface area (Å²) in [6, 6.07) is 11.2. The molecule has 5 nitrogen and oxygen atoms in total. The third-order valence-corrected chi connectivity index (χ3v) is 6.31. The number of nitrogens with zero attached hydrogens (tertiary/aromatic N) is 2. The highest BCUT2D eigenvalue weighted by Crippen LogP contribution is 2.25. The van der Waals surface area contributed by atoms with Crippen LogP contribution >= 0.6 is 11.6 Å². The van der Waals surface area contributed by atoms with E-state index in [1.165, 1.54) is 32.4 Å². The molecule has 2 heterocycles. The van der Waals surface area contributed by atoms with Gasteiger partial charge >= 0.3 is 0 Å². The molecule has 1 amide bonds. The molecule has 0 spiro atoms. The molecule has 1 aromatic heterocycles. The number of nitrogens with two attached hydrogens (primary N) is 1. The number of aromatic nitrogens is 1. The van der Waals surface area contributed by atoms with E-state index in [4.69, 9.17) is 17.3 Å². The highest BCUT2D eigenvalue weighted by Gasteiger charge is 2.11. The predicted molar refractivity (Wildman–Crippen MR) is 136 cm³/mol. The molecule has 6 heteroatoms. The smallest absolute Gasteiger partial charge is 0.251 e. The summed E-state index contributed by atoms with van der Waals surface area (Å²) in [5.41, 5.74) is 9.18. The monoisotopic (exact) mass is 460 g/mol. The van der Waals surface area contributed by atoms with E-state index in [-0.39, 0.29) is 5.91 Å².